The second-order valence-corrected chi connectivity index (χ2v) is 6.54. The van der Waals surface area contributed by atoms with Crippen LogP contribution in [-0.2, 0) is 6.54 Å². The van der Waals surface area contributed by atoms with Crippen molar-refractivity contribution in [2.24, 2.45) is 0 Å². The van der Waals surface area contributed by atoms with Gasteiger partial charge in [-0.2, -0.15) is 10.1 Å². The van der Waals surface area contributed by atoms with Crippen molar-refractivity contribution in [3.05, 3.63) is 60.3 Å². The highest BCUT2D eigenvalue weighted by atomic mass is 16.5. The Morgan fingerprint density at radius 1 is 1.04 bits per heavy atom. The normalized spacial score (nSPS) is 10.6. The van der Waals surface area contributed by atoms with Crippen LogP contribution in [0.2, 0.25) is 0 Å². The van der Waals surface area contributed by atoms with Crippen LogP contribution >= 0.6 is 0 Å². The number of anilines is 3. The van der Waals surface area contributed by atoms with Crippen LogP contribution in [0.3, 0.4) is 0 Å². The van der Waals surface area contributed by atoms with Gasteiger partial charge in [-0.3, -0.25) is 0 Å². The second-order valence-electron chi connectivity index (χ2n) is 6.54. The van der Waals surface area contributed by atoms with Gasteiger partial charge in [-0.25, -0.2) is 0 Å². The lowest BCUT2D eigenvalue weighted by Gasteiger charge is -2.27. The Kier molecular flexibility index (Phi) is 6.26. The van der Waals surface area contributed by atoms with E-state index in [1.165, 1.54) is 5.56 Å². The lowest BCUT2D eigenvalue weighted by atomic mass is 10.2. The fraction of sp³-hybridized carbons (Fsp3) is 0.286. The molecule has 0 aliphatic carbocycles. The van der Waals surface area contributed by atoms with Crippen molar-refractivity contribution in [1.29, 1.82) is 0 Å². The first kappa shape index (κ1) is 19.4. The highest BCUT2D eigenvalue weighted by Gasteiger charge is 2.15. The van der Waals surface area contributed by atoms with Crippen LogP contribution in [0.4, 0.5) is 17.5 Å². The molecule has 0 aliphatic heterocycles. The molecule has 0 spiro atoms. The molecule has 1 heterocycles. The predicted molar refractivity (Wildman–Crippen MR) is 110 cm³/mol. The summed E-state index contributed by atoms with van der Waals surface area (Å²) in [5.74, 6) is 2.51. The Balaban J connectivity index is 1.87. The number of benzene rings is 2. The number of nitrogens with zero attached hydrogens (tertiary/aromatic N) is 4. The van der Waals surface area contributed by atoms with Gasteiger partial charge in [0.2, 0.25) is 5.95 Å². The molecule has 3 rings (SSSR count). The molecule has 0 amide bonds. The van der Waals surface area contributed by atoms with E-state index in [0.29, 0.717) is 23.1 Å². The highest BCUT2D eigenvalue weighted by molar-refractivity contribution is 5.65. The summed E-state index contributed by atoms with van der Waals surface area (Å²) in [6.07, 6.45) is 1.68. The first-order chi connectivity index (χ1) is 13.6. The lowest BCUT2D eigenvalue weighted by molar-refractivity contribution is 0.405. The molecule has 146 valence electrons. The van der Waals surface area contributed by atoms with Crippen molar-refractivity contribution in [1.82, 2.24) is 15.2 Å². The molecule has 7 heteroatoms. The molecule has 0 unspecified atom stereocenters. The SMILES string of the molecule is COc1ccc(OC)c(Nc2nncc(N(Cc3ccccc3)C(C)C)n2)c1. The van der Waals surface area contributed by atoms with Gasteiger partial charge in [0.1, 0.15) is 11.5 Å². The molecule has 0 saturated carbocycles. The summed E-state index contributed by atoms with van der Waals surface area (Å²) in [4.78, 5) is 6.84. The van der Waals surface area contributed by atoms with Crippen LogP contribution in [0.1, 0.15) is 19.4 Å². The van der Waals surface area contributed by atoms with E-state index in [9.17, 15) is 0 Å². The second kappa shape index (κ2) is 9.03. The Labute approximate surface area is 165 Å². The zero-order valence-corrected chi connectivity index (χ0v) is 16.6. The Morgan fingerprint density at radius 2 is 1.82 bits per heavy atom. The molecule has 0 radical (unpaired) electrons. The molecule has 2 aromatic carbocycles. The third kappa shape index (κ3) is 4.68. The summed E-state index contributed by atoms with van der Waals surface area (Å²) in [5.41, 5.74) is 1.92. The summed E-state index contributed by atoms with van der Waals surface area (Å²) in [6.45, 7) is 4.99. The molecule has 28 heavy (non-hydrogen) atoms. The van der Waals surface area contributed by atoms with Gasteiger partial charge < -0.3 is 19.7 Å². The quantitative estimate of drug-likeness (QED) is 0.633. The number of rotatable bonds is 8. The van der Waals surface area contributed by atoms with Crippen LogP contribution in [0, 0.1) is 0 Å². The van der Waals surface area contributed by atoms with E-state index < -0.39 is 0 Å². The number of hydrogen-bond donors (Lipinski definition) is 1. The molecule has 0 fully saturated rings. The first-order valence-electron chi connectivity index (χ1n) is 9.10. The monoisotopic (exact) mass is 379 g/mol. The van der Waals surface area contributed by atoms with Gasteiger partial charge in [0, 0.05) is 18.7 Å². The van der Waals surface area contributed by atoms with E-state index in [1.54, 1.807) is 20.4 Å². The maximum absolute atomic E-state index is 5.41. The molecule has 0 bridgehead atoms. The van der Waals surface area contributed by atoms with E-state index in [0.717, 1.165) is 12.4 Å². The third-order valence-electron chi connectivity index (χ3n) is 4.31. The predicted octanol–water partition coefficient (Wildman–Crippen LogP) is 4.05. The Hall–Kier alpha value is -3.35. The number of methoxy groups -OCH3 is 2. The van der Waals surface area contributed by atoms with Crippen molar-refractivity contribution in [3.63, 3.8) is 0 Å². The summed E-state index contributed by atoms with van der Waals surface area (Å²) in [7, 11) is 3.23. The largest absolute Gasteiger partial charge is 0.497 e. The minimum Gasteiger partial charge on any atom is -0.497 e. The van der Waals surface area contributed by atoms with Gasteiger partial charge in [-0.15, -0.1) is 5.10 Å². The zero-order valence-electron chi connectivity index (χ0n) is 16.6. The fourth-order valence-corrected chi connectivity index (χ4v) is 2.83. The van der Waals surface area contributed by atoms with Crippen molar-refractivity contribution in [2.75, 3.05) is 24.4 Å². The molecule has 3 aromatic rings. The summed E-state index contributed by atoms with van der Waals surface area (Å²) in [5, 5.41) is 11.4. The maximum Gasteiger partial charge on any atom is 0.249 e. The van der Waals surface area contributed by atoms with Gasteiger partial charge in [-0.05, 0) is 31.5 Å². The van der Waals surface area contributed by atoms with Crippen molar-refractivity contribution >= 4 is 17.5 Å². The van der Waals surface area contributed by atoms with E-state index in [4.69, 9.17) is 9.47 Å². The van der Waals surface area contributed by atoms with Crippen molar-refractivity contribution < 1.29 is 9.47 Å². The molecule has 1 N–H and O–H groups in total. The van der Waals surface area contributed by atoms with E-state index in [2.05, 4.69) is 51.4 Å². The molecule has 0 saturated heterocycles. The average Bonchev–Trinajstić information content (AvgIpc) is 2.72. The smallest absolute Gasteiger partial charge is 0.249 e. The average molecular weight is 379 g/mol. The maximum atomic E-state index is 5.41. The van der Waals surface area contributed by atoms with Gasteiger partial charge in [0.15, 0.2) is 5.82 Å². The van der Waals surface area contributed by atoms with Crippen LogP contribution in [0.15, 0.2) is 54.7 Å². The number of nitrogens with one attached hydrogen (secondary N) is 1. The molecular weight excluding hydrogens is 354 g/mol. The summed E-state index contributed by atoms with van der Waals surface area (Å²) >= 11 is 0. The third-order valence-corrected chi connectivity index (χ3v) is 4.31. The van der Waals surface area contributed by atoms with E-state index in [1.807, 2.05) is 36.4 Å². The standard InChI is InChI=1S/C21H25N5O2/c1-15(2)26(14-16-8-6-5-7-9-16)20-13-22-25-21(24-20)23-18-12-17(27-3)10-11-19(18)28-4/h5-13,15H,14H2,1-4H3,(H,23,24,25). The van der Waals surface area contributed by atoms with Gasteiger partial charge in [0.05, 0.1) is 26.1 Å². The molecule has 1 aromatic heterocycles. The first-order valence-corrected chi connectivity index (χ1v) is 9.10. The number of hydrogen-bond acceptors (Lipinski definition) is 7. The minimum atomic E-state index is 0.246. The fourth-order valence-electron chi connectivity index (χ4n) is 2.83. The minimum absolute atomic E-state index is 0.246. The Morgan fingerprint density at radius 3 is 2.50 bits per heavy atom. The molecule has 0 atom stereocenters. The summed E-state index contributed by atoms with van der Waals surface area (Å²) < 4.78 is 10.7. The lowest BCUT2D eigenvalue weighted by Crippen LogP contribution is -2.31. The van der Waals surface area contributed by atoms with Gasteiger partial charge in [0.25, 0.3) is 0 Å². The Bertz CT molecular complexity index is 902. The zero-order chi connectivity index (χ0) is 19.9. The van der Waals surface area contributed by atoms with Crippen LogP contribution in [0.5, 0.6) is 11.5 Å². The van der Waals surface area contributed by atoms with Gasteiger partial charge in [-0.1, -0.05) is 30.3 Å². The number of aromatic nitrogens is 3. The topological polar surface area (TPSA) is 72.4 Å². The van der Waals surface area contributed by atoms with Crippen molar-refractivity contribution in [2.45, 2.75) is 26.4 Å². The summed E-state index contributed by atoms with van der Waals surface area (Å²) in [6, 6.07) is 16.0. The highest BCUT2D eigenvalue weighted by Crippen LogP contribution is 2.31. The van der Waals surface area contributed by atoms with Crippen molar-refractivity contribution in [3.8, 4) is 11.5 Å². The van der Waals surface area contributed by atoms with E-state index >= 15 is 0 Å². The molecular formula is C21H25N5O2. The van der Waals surface area contributed by atoms with E-state index in [-0.39, 0.29) is 6.04 Å². The van der Waals surface area contributed by atoms with Crippen LogP contribution in [0.25, 0.3) is 0 Å². The van der Waals surface area contributed by atoms with Crippen LogP contribution < -0.4 is 19.7 Å². The molecule has 0 aliphatic rings. The number of ether oxygens (including phenoxy) is 2. The van der Waals surface area contributed by atoms with Crippen LogP contribution in [-0.4, -0.2) is 35.4 Å². The molecule has 7 nitrogen and oxygen atoms in total. The van der Waals surface area contributed by atoms with Gasteiger partial charge >= 0.3 is 0 Å².